The second kappa shape index (κ2) is 12.7. The summed E-state index contributed by atoms with van der Waals surface area (Å²) < 4.78 is 16.4. The molecule has 0 spiro atoms. The lowest BCUT2D eigenvalue weighted by atomic mass is 9.99. The van der Waals surface area contributed by atoms with Crippen LogP contribution in [-0.4, -0.2) is 63.3 Å². The van der Waals surface area contributed by atoms with Gasteiger partial charge in [0, 0.05) is 43.5 Å². The minimum Gasteiger partial charge on any atom is -0.400 e. The number of amides is 1. The van der Waals surface area contributed by atoms with Gasteiger partial charge in [-0.3, -0.25) is 9.79 Å². The van der Waals surface area contributed by atoms with E-state index in [0.717, 1.165) is 0 Å². The first-order chi connectivity index (χ1) is 20.3. The number of pyridine rings is 1. The molecule has 0 saturated carbocycles. The van der Waals surface area contributed by atoms with Gasteiger partial charge in [-0.2, -0.15) is 4.98 Å². The molecule has 1 aliphatic rings. The Morgan fingerprint density at radius 2 is 1.77 bits per heavy atom. The van der Waals surface area contributed by atoms with Crippen molar-refractivity contribution >= 4 is 45.8 Å². The molecule has 11 heteroatoms. The number of aliphatic imine (C=N–C) groups is 1. The maximum absolute atomic E-state index is 15.0. The third-order valence-corrected chi connectivity index (χ3v) is 8.02. The molecule has 3 heterocycles. The van der Waals surface area contributed by atoms with Crippen molar-refractivity contribution < 1.29 is 9.18 Å². The van der Waals surface area contributed by atoms with Crippen LogP contribution in [0.1, 0.15) is 41.5 Å². The van der Waals surface area contributed by atoms with Crippen LogP contribution in [0.15, 0.2) is 58.5 Å². The first-order valence-corrected chi connectivity index (χ1v) is 14.7. The van der Waals surface area contributed by atoms with Gasteiger partial charge in [-0.15, -0.1) is 0 Å². The van der Waals surface area contributed by atoms with Crippen LogP contribution in [-0.2, 0) is 4.79 Å². The predicted octanol–water partition coefficient (Wildman–Crippen LogP) is 5.37. The zero-order valence-electron chi connectivity index (χ0n) is 25.7. The SMILES string of the molecule is C=CC(=O)N1[C@H](C)CN(c2nc(=O)n(C(C(=NC)C(C)C)=C(N)C(C)C)c3nc(-c4ccccc4F)c(Cl)cc23)C[C@@H]1C. The van der Waals surface area contributed by atoms with Crippen LogP contribution in [0.3, 0.4) is 0 Å². The van der Waals surface area contributed by atoms with Crippen molar-refractivity contribution in [3.8, 4) is 11.3 Å². The minimum atomic E-state index is -0.609. The van der Waals surface area contributed by atoms with E-state index in [1.54, 1.807) is 36.2 Å². The highest BCUT2D eigenvalue weighted by atomic mass is 35.5. The highest BCUT2D eigenvalue weighted by Crippen LogP contribution is 2.36. The molecule has 3 aromatic rings. The highest BCUT2D eigenvalue weighted by molar-refractivity contribution is 6.34. The summed E-state index contributed by atoms with van der Waals surface area (Å²) in [5.74, 6) is -0.513. The number of benzene rings is 1. The molecule has 1 aliphatic heterocycles. The van der Waals surface area contributed by atoms with Gasteiger partial charge in [0.2, 0.25) is 5.91 Å². The van der Waals surface area contributed by atoms with Crippen molar-refractivity contribution in [1.82, 2.24) is 19.4 Å². The summed E-state index contributed by atoms with van der Waals surface area (Å²) in [6, 6.07) is 7.48. The molecule has 0 bridgehead atoms. The molecule has 0 aliphatic carbocycles. The first kappa shape index (κ1) is 31.9. The summed E-state index contributed by atoms with van der Waals surface area (Å²) in [7, 11) is 1.65. The topological polar surface area (TPSA) is 110 Å². The second-order valence-electron chi connectivity index (χ2n) is 11.5. The number of aromatic nitrogens is 3. The number of hydrogen-bond donors (Lipinski definition) is 1. The molecule has 2 N–H and O–H groups in total. The quantitative estimate of drug-likeness (QED) is 0.286. The number of allylic oxidation sites excluding steroid dienone is 2. The normalized spacial score (nSPS) is 18.4. The zero-order chi connectivity index (χ0) is 31.7. The molecule has 228 valence electrons. The Morgan fingerprint density at radius 1 is 1.14 bits per heavy atom. The van der Waals surface area contributed by atoms with E-state index in [1.807, 2.05) is 46.4 Å². The van der Waals surface area contributed by atoms with E-state index >= 15 is 4.39 Å². The van der Waals surface area contributed by atoms with E-state index < -0.39 is 11.5 Å². The van der Waals surface area contributed by atoms with Crippen LogP contribution in [0.5, 0.6) is 0 Å². The highest BCUT2D eigenvalue weighted by Gasteiger charge is 2.34. The number of piperazine rings is 1. The van der Waals surface area contributed by atoms with Crippen LogP contribution in [0.2, 0.25) is 5.02 Å². The molecule has 2 aromatic heterocycles. The molecule has 1 amide bonds. The van der Waals surface area contributed by atoms with Gasteiger partial charge in [0.25, 0.3) is 0 Å². The Morgan fingerprint density at radius 3 is 2.30 bits per heavy atom. The summed E-state index contributed by atoms with van der Waals surface area (Å²) in [6.07, 6.45) is 1.31. The number of anilines is 1. The van der Waals surface area contributed by atoms with E-state index in [-0.39, 0.29) is 51.8 Å². The summed E-state index contributed by atoms with van der Waals surface area (Å²) in [4.78, 5) is 44.4. The monoisotopic (exact) mass is 607 g/mol. The number of hydrogen-bond acceptors (Lipinski definition) is 7. The molecular formula is C32H39ClFN7O2. The summed E-state index contributed by atoms with van der Waals surface area (Å²) in [5.41, 5.74) is 8.13. The average molecular weight is 608 g/mol. The first-order valence-electron chi connectivity index (χ1n) is 14.4. The lowest BCUT2D eigenvalue weighted by Crippen LogP contribution is -2.58. The summed E-state index contributed by atoms with van der Waals surface area (Å²) in [5, 5.41) is 0.684. The van der Waals surface area contributed by atoms with E-state index in [9.17, 15) is 9.59 Å². The van der Waals surface area contributed by atoms with Gasteiger partial charge in [-0.1, -0.05) is 58.0 Å². The third kappa shape index (κ3) is 5.93. The van der Waals surface area contributed by atoms with Gasteiger partial charge >= 0.3 is 5.69 Å². The Hall–Kier alpha value is -4.05. The zero-order valence-corrected chi connectivity index (χ0v) is 26.5. The standard InChI is InChI=1S/C32H39ClFN7O2/c1-9-25(42)40-19(6)15-39(16-20(40)7)30-22-14-23(33)28(21-12-10-11-13-24(21)34)37-31(22)41(32(43)38-30)29(26(35)17(2)3)27(36-8)18(4)5/h9-14,17-20H,1,15-16,35H2,2-8H3/t19-,20+. The number of fused-ring (bicyclic) bond motifs is 1. The van der Waals surface area contributed by atoms with Crippen LogP contribution < -0.4 is 16.3 Å². The minimum absolute atomic E-state index is 0.0885. The van der Waals surface area contributed by atoms with Gasteiger partial charge in [0.15, 0.2) is 5.65 Å². The molecule has 9 nitrogen and oxygen atoms in total. The fraction of sp³-hybridized carbons (Fsp3) is 0.406. The number of carbonyl (C=O) groups is 1. The molecule has 2 atom stereocenters. The number of nitrogens with zero attached hydrogens (tertiary/aromatic N) is 6. The Labute approximate surface area is 256 Å². The van der Waals surface area contributed by atoms with Gasteiger partial charge in [-0.25, -0.2) is 18.7 Å². The molecule has 1 aromatic carbocycles. The largest absolute Gasteiger partial charge is 0.400 e. The Balaban J connectivity index is 2.10. The van der Waals surface area contributed by atoms with Crippen LogP contribution in [0.25, 0.3) is 28.0 Å². The fourth-order valence-corrected chi connectivity index (χ4v) is 5.98. The lowest BCUT2D eigenvalue weighted by molar-refractivity contribution is -0.130. The Kier molecular flexibility index (Phi) is 9.39. The third-order valence-electron chi connectivity index (χ3n) is 7.73. The van der Waals surface area contributed by atoms with Crippen molar-refractivity contribution in [2.45, 2.75) is 53.6 Å². The van der Waals surface area contributed by atoms with Crippen molar-refractivity contribution in [2.75, 3.05) is 25.0 Å². The molecule has 1 fully saturated rings. The Bertz CT molecular complexity index is 1680. The van der Waals surface area contributed by atoms with E-state index in [0.29, 0.717) is 41.4 Å². The molecule has 4 rings (SSSR count). The van der Waals surface area contributed by atoms with Crippen molar-refractivity contribution in [1.29, 1.82) is 0 Å². The van der Waals surface area contributed by atoms with E-state index in [2.05, 4.69) is 16.6 Å². The number of rotatable bonds is 7. The van der Waals surface area contributed by atoms with Gasteiger partial charge in [0.1, 0.15) is 11.6 Å². The molecule has 1 saturated heterocycles. The van der Waals surface area contributed by atoms with Gasteiger partial charge < -0.3 is 15.5 Å². The predicted molar refractivity (Wildman–Crippen MR) is 173 cm³/mol. The molecule has 0 unspecified atom stereocenters. The molecule has 0 radical (unpaired) electrons. The van der Waals surface area contributed by atoms with Crippen LogP contribution >= 0.6 is 11.6 Å². The lowest BCUT2D eigenvalue weighted by Gasteiger charge is -2.44. The van der Waals surface area contributed by atoms with Crippen LogP contribution in [0.4, 0.5) is 10.2 Å². The van der Waals surface area contributed by atoms with Crippen molar-refractivity contribution in [2.24, 2.45) is 22.6 Å². The number of halogens is 2. The van der Waals surface area contributed by atoms with Crippen molar-refractivity contribution in [3.63, 3.8) is 0 Å². The molecular weight excluding hydrogens is 569 g/mol. The number of nitrogens with two attached hydrogens (primary N) is 1. The van der Waals surface area contributed by atoms with E-state index in [1.165, 1.54) is 16.7 Å². The van der Waals surface area contributed by atoms with E-state index in [4.69, 9.17) is 22.3 Å². The average Bonchev–Trinajstić information content (AvgIpc) is 2.95. The van der Waals surface area contributed by atoms with Gasteiger partial charge in [-0.05, 0) is 50.0 Å². The van der Waals surface area contributed by atoms with Gasteiger partial charge in [0.05, 0.1) is 27.5 Å². The summed E-state index contributed by atoms with van der Waals surface area (Å²) in [6.45, 7) is 16.1. The summed E-state index contributed by atoms with van der Waals surface area (Å²) >= 11 is 6.80. The van der Waals surface area contributed by atoms with Crippen molar-refractivity contribution in [3.05, 3.63) is 70.0 Å². The smallest absolute Gasteiger partial charge is 0.355 e. The fourth-order valence-electron chi connectivity index (χ4n) is 5.73. The maximum atomic E-state index is 15.0. The molecule has 43 heavy (non-hydrogen) atoms. The number of carbonyl (C=O) groups excluding carboxylic acids is 1. The van der Waals surface area contributed by atoms with Crippen LogP contribution in [0, 0.1) is 17.7 Å². The maximum Gasteiger partial charge on any atom is 0.355 e. The second-order valence-corrected chi connectivity index (χ2v) is 11.9.